The number of anilines is 3. The van der Waals surface area contributed by atoms with Crippen molar-refractivity contribution in [3.8, 4) is 11.1 Å². The topological polar surface area (TPSA) is 16.4 Å². The van der Waals surface area contributed by atoms with Crippen molar-refractivity contribution in [1.82, 2.24) is 0 Å². The lowest BCUT2D eigenvalue weighted by Gasteiger charge is -2.28. The zero-order chi connectivity index (χ0) is 31.6. The number of fused-ring (bicyclic) bond motifs is 11. The van der Waals surface area contributed by atoms with Crippen LogP contribution in [-0.2, 0) is 0 Å². The highest BCUT2D eigenvalue weighted by Crippen LogP contribution is 2.46. The van der Waals surface area contributed by atoms with E-state index in [2.05, 4.69) is 175 Å². The highest BCUT2D eigenvalue weighted by atomic mass is 16.3. The van der Waals surface area contributed by atoms with Crippen molar-refractivity contribution in [1.29, 1.82) is 0 Å². The summed E-state index contributed by atoms with van der Waals surface area (Å²) in [6, 6.07) is 63.3. The monoisotopic (exact) mass is 611 g/mol. The van der Waals surface area contributed by atoms with Gasteiger partial charge in [-0.2, -0.15) is 0 Å². The minimum absolute atomic E-state index is 0.915. The second kappa shape index (κ2) is 10.6. The van der Waals surface area contributed by atoms with Gasteiger partial charge in [-0.1, -0.05) is 127 Å². The zero-order valence-electron chi connectivity index (χ0n) is 26.1. The van der Waals surface area contributed by atoms with Crippen LogP contribution in [0.2, 0.25) is 0 Å². The van der Waals surface area contributed by atoms with Gasteiger partial charge in [0.15, 0.2) is 0 Å². The molecule has 0 saturated heterocycles. The first-order chi connectivity index (χ1) is 23.8. The van der Waals surface area contributed by atoms with Gasteiger partial charge in [0.2, 0.25) is 0 Å². The number of benzene rings is 9. The Bertz CT molecular complexity index is 2840. The van der Waals surface area contributed by atoms with E-state index >= 15 is 0 Å². The third-order valence-corrected chi connectivity index (χ3v) is 9.80. The number of hydrogen-bond acceptors (Lipinski definition) is 2. The highest BCUT2D eigenvalue weighted by Gasteiger charge is 2.20. The Hall–Kier alpha value is -6.38. The van der Waals surface area contributed by atoms with Crippen LogP contribution < -0.4 is 4.90 Å². The largest absolute Gasteiger partial charge is 0.456 e. The summed E-state index contributed by atoms with van der Waals surface area (Å²) < 4.78 is 6.38. The van der Waals surface area contributed by atoms with Crippen molar-refractivity contribution < 1.29 is 4.42 Å². The molecule has 0 aliphatic heterocycles. The molecule has 0 unspecified atom stereocenters. The smallest absolute Gasteiger partial charge is 0.136 e. The molecular formula is C46H29NO. The molecule has 0 saturated carbocycles. The van der Waals surface area contributed by atoms with Gasteiger partial charge in [-0.25, -0.2) is 0 Å². The molecule has 0 amide bonds. The molecule has 1 heterocycles. The van der Waals surface area contributed by atoms with Gasteiger partial charge in [-0.05, 0) is 92.0 Å². The van der Waals surface area contributed by atoms with Crippen molar-refractivity contribution in [2.75, 3.05) is 4.90 Å². The van der Waals surface area contributed by atoms with Gasteiger partial charge in [0, 0.05) is 32.9 Å². The Labute approximate surface area is 277 Å². The van der Waals surface area contributed by atoms with Crippen molar-refractivity contribution in [3.05, 3.63) is 176 Å². The lowest BCUT2D eigenvalue weighted by molar-refractivity contribution is 0.669. The van der Waals surface area contributed by atoms with Gasteiger partial charge in [-0.15, -0.1) is 0 Å². The summed E-state index contributed by atoms with van der Waals surface area (Å²) in [7, 11) is 0. The fraction of sp³-hybridized carbons (Fsp3) is 0. The number of rotatable bonds is 4. The molecule has 0 radical (unpaired) electrons. The molecule has 0 N–H and O–H groups in total. The summed E-state index contributed by atoms with van der Waals surface area (Å²) in [5.41, 5.74) is 7.58. The van der Waals surface area contributed by atoms with Gasteiger partial charge in [0.05, 0.1) is 5.69 Å². The van der Waals surface area contributed by atoms with Crippen LogP contribution >= 0.6 is 0 Å². The van der Waals surface area contributed by atoms with E-state index in [1.165, 1.54) is 59.6 Å². The van der Waals surface area contributed by atoms with Crippen LogP contribution in [0.4, 0.5) is 17.1 Å². The predicted octanol–water partition coefficient (Wildman–Crippen LogP) is 13.3. The molecule has 0 aliphatic carbocycles. The van der Waals surface area contributed by atoms with Gasteiger partial charge in [0.1, 0.15) is 11.2 Å². The Morgan fingerprint density at radius 2 is 0.958 bits per heavy atom. The molecule has 0 atom stereocenters. The minimum atomic E-state index is 0.915. The van der Waals surface area contributed by atoms with E-state index in [0.29, 0.717) is 0 Å². The maximum atomic E-state index is 6.38. The standard InChI is InChI=1S/C46H29NO/c1-2-12-30(13-3-1)32-16-10-17-33(28-32)47(42-22-11-15-31-14-4-5-18-35(31)42)34-24-25-37-36-19-6-7-20-38(36)45-39(41(37)29-34)26-27-44-46(45)40-21-8-9-23-43(40)48-44/h1-29H. The molecule has 9 aromatic carbocycles. The Morgan fingerprint density at radius 1 is 0.333 bits per heavy atom. The van der Waals surface area contributed by atoms with Gasteiger partial charge < -0.3 is 9.32 Å². The lowest BCUT2D eigenvalue weighted by Crippen LogP contribution is -2.10. The first-order valence-corrected chi connectivity index (χ1v) is 16.4. The number of nitrogens with zero attached hydrogens (tertiary/aromatic N) is 1. The average molecular weight is 612 g/mol. The van der Waals surface area contributed by atoms with E-state index in [-0.39, 0.29) is 0 Å². The Balaban J connectivity index is 1.30. The fourth-order valence-electron chi connectivity index (χ4n) is 7.67. The summed E-state index contributed by atoms with van der Waals surface area (Å²) in [6.07, 6.45) is 0. The summed E-state index contributed by atoms with van der Waals surface area (Å²) in [5, 5.41) is 12.1. The molecule has 0 spiro atoms. The van der Waals surface area contributed by atoms with E-state index in [1.54, 1.807) is 0 Å². The van der Waals surface area contributed by atoms with Crippen LogP contribution in [0.15, 0.2) is 180 Å². The first-order valence-electron chi connectivity index (χ1n) is 16.4. The van der Waals surface area contributed by atoms with Gasteiger partial charge in [-0.3, -0.25) is 0 Å². The van der Waals surface area contributed by atoms with E-state index < -0.39 is 0 Å². The molecule has 1 aromatic heterocycles. The molecule has 10 aromatic rings. The molecule has 0 aliphatic rings. The Morgan fingerprint density at radius 3 is 1.85 bits per heavy atom. The first kappa shape index (κ1) is 26.8. The SMILES string of the molecule is c1ccc(-c2cccc(N(c3ccc4c5ccccc5c5c(ccc6oc7ccccc7c65)c4c3)c3cccc4ccccc34)c2)cc1. The second-order valence-corrected chi connectivity index (χ2v) is 12.5. The maximum Gasteiger partial charge on any atom is 0.136 e. The van der Waals surface area contributed by atoms with Crippen LogP contribution in [0.1, 0.15) is 0 Å². The maximum absolute atomic E-state index is 6.38. The second-order valence-electron chi connectivity index (χ2n) is 12.5. The molecular weight excluding hydrogens is 583 g/mol. The van der Waals surface area contributed by atoms with E-state index in [0.717, 1.165) is 33.6 Å². The summed E-state index contributed by atoms with van der Waals surface area (Å²) in [6.45, 7) is 0. The third kappa shape index (κ3) is 4.06. The van der Waals surface area contributed by atoms with Crippen LogP contribution in [-0.4, -0.2) is 0 Å². The van der Waals surface area contributed by atoms with Crippen molar-refractivity contribution in [2.45, 2.75) is 0 Å². The van der Waals surface area contributed by atoms with Crippen LogP contribution in [0.3, 0.4) is 0 Å². The van der Waals surface area contributed by atoms with Gasteiger partial charge in [0.25, 0.3) is 0 Å². The van der Waals surface area contributed by atoms with E-state index in [1.807, 2.05) is 6.07 Å². The summed E-state index contributed by atoms with van der Waals surface area (Å²) in [5.74, 6) is 0. The summed E-state index contributed by atoms with van der Waals surface area (Å²) in [4.78, 5) is 2.42. The molecule has 48 heavy (non-hydrogen) atoms. The molecule has 10 rings (SSSR count). The molecule has 2 heteroatoms. The summed E-state index contributed by atoms with van der Waals surface area (Å²) >= 11 is 0. The quantitative estimate of drug-likeness (QED) is 0.184. The highest BCUT2D eigenvalue weighted by molar-refractivity contribution is 6.34. The predicted molar refractivity (Wildman–Crippen MR) is 204 cm³/mol. The minimum Gasteiger partial charge on any atom is -0.456 e. The molecule has 0 fully saturated rings. The number of furan rings is 1. The molecule has 224 valence electrons. The normalized spacial score (nSPS) is 11.8. The molecule has 0 bridgehead atoms. The van der Waals surface area contributed by atoms with Crippen LogP contribution in [0.5, 0.6) is 0 Å². The molecule has 2 nitrogen and oxygen atoms in total. The Kier molecular flexibility index (Phi) is 5.91. The third-order valence-electron chi connectivity index (χ3n) is 9.80. The number of hydrogen-bond donors (Lipinski definition) is 0. The van der Waals surface area contributed by atoms with Gasteiger partial charge >= 0.3 is 0 Å². The fourth-order valence-corrected chi connectivity index (χ4v) is 7.67. The van der Waals surface area contributed by atoms with Crippen molar-refractivity contribution in [3.63, 3.8) is 0 Å². The van der Waals surface area contributed by atoms with Crippen molar-refractivity contribution in [2.24, 2.45) is 0 Å². The lowest BCUT2D eigenvalue weighted by atomic mass is 9.91. The van der Waals surface area contributed by atoms with Crippen LogP contribution in [0, 0.1) is 0 Å². The average Bonchev–Trinajstić information content (AvgIpc) is 3.54. The van der Waals surface area contributed by atoms with Crippen LogP contribution in [0.25, 0.3) is 76.2 Å². The van der Waals surface area contributed by atoms with Crippen molar-refractivity contribution >= 4 is 82.1 Å². The zero-order valence-corrected chi connectivity index (χ0v) is 26.1. The van der Waals surface area contributed by atoms with E-state index in [4.69, 9.17) is 4.42 Å². The van der Waals surface area contributed by atoms with E-state index in [9.17, 15) is 0 Å². The number of para-hydroxylation sites is 1.